The molecule has 0 fully saturated rings. The molecule has 0 aliphatic carbocycles. The van der Waals surface area contributed by atoms with Crippen LogP contribution in [0.4, 0.5) is 23.7 Å². The lowest BCUT2D eigenvalue weighted by molar-refractivity contribution is -0.274. The van der Waals surface area contributed by atoms with Gasteiger partial charge in [-0.15, -0.1) is 13.2 Å². The fraction of sp³-hybridized carbons (Fsp3) is 0.300. The smallest absolute Gasteiger partial charge is 0.465 e. The van der Waals surface area contributed by atoms with Crippen LogP contribution in [0.25, 0.3) is 0 Å². The Bertz CT molecular complexity index is 450. The summed E-state index contributed by atoms with van der Waals surface area (Å²) in [6.45, 7) is 1.54. The average molecular weight is 375 g/mol. The molecule has 0 unspecified atom stereocenters. The third-order valence-corrected chi connectivity index (χ3v) is 2.86. The Balaban J connectivity index is 3.27. The number of para-hydroxylation sites is 1. The second-order valence-corrected chi connectivity index (χ2v) is 4.32. The number of anilines is 1. The van der Waals surface area contributed by atoms with E-state index in [9.17, 15) is 18.0 Å². The van der Waals surface area contributed by atoms with Crippen molar-refractivity contribution in [3.63, 3.8) is 0 Å². The van der Waals surface area contributed by atoms with E-state index in [1.54, 1.807) is 22.6 Å². The van der Waals surface area contributed by atoms with Crippen LogP contribution in [-0.2, 0) is 0 Å². The van der Waals surface area contributed by atoms with Gasteiger partial charge in [0.25, 0.3) is 0 Å². The summed E-state index contributed by atoms with van der Waals surface area (Å²) >= 11 is 1.76. The lowest BCUT2D eigenvalue weighted by Crippen LogP contribution is -2.31. The molecule has 4 nitrogen and oxygen atoms in total. The molecule has 1 rings (SSSR count). The molecule has 0 heterocycles. The maximum Gasteiger partial charge on any atom is 0.573 e. The third kappa shape index (κ3) is 3.65. The average Bonchev–Trinajstić information content (AvgIpc) is 2.20. The highest BCUT2D eigenvalue weighted by Crippen LogP contribution is 2.36. The number of nitrogens with zero attached hydrogens (tertiary/aromatic N) is 1. The minimum absolute atomic E-state index is 0.0174. The molecule has 0 atom stereocenters. The highest BCUT2D eigenvalue weighted by Gasteiger charge is 2.33. The molecule has 1 aromatic rings. The highest BCUT2D eigenvalue weighted by molar-refractivity contribution is 14.1. The number of amides is 1. The Morgan fingerprint density at radius 2 is 2.11 bits per heavy atom. The van der Waals surface area contributed by atoms with Crippen molar-refractivity contribution in [2.75, 3.05) is 11.4 Å². The van der Waals surface area contributed by atoms with Crippen molar-refractivity contribution in [3.8, 4) is 5.75 Å². The zero-order valence-corrected chi connectivity index (χ0v) is 11.3. The van der Waals surface area contributed by atoms with E-state index in [0.29, 0.717) is 3.57 Å². The number of carbonyl (C=O) groups is 1. The normalized spacial score (nSPS) is 11.2. The number of alkyl halides is 3. The van der Waals surface area contributed by atoms with Crippen molar-refractivity contribution in [1.29, 1.82) is 0 Å². The van der Waals surface area contributed by atoms with Gasteiger partial charge in [-0.2, -0.15) is 0 Å². The predicted molar refractivity (Wildman–Crippen MR) is 66.9 cm³/mol. The Morgan fingerprint density at radius 3 is 2.56 bits per heavy atom. The molecule has 0 saturated heterocycles. The third-order valence-electron chi connectivity index (χ3n) is 1.99. The first-order chi connectivity index (χ1) is 8.26. The lowest BCUT2D eigenvalue weighted by atomic mass is 10.2. The van der Waals surface area contributed by atoms with Gasteiger partial charge in [0, 0.05) is 10.1 Å². The zero-order chi connectivity index (χ0) is 13.9. The molecule has 0 bridgehead atoms. The van der Waals surface area contributed by atoms with E-state index in [1.165, 1.54) is 19.1 Å². The van der Waals surface area contributed by atoms with Gasteiger partial charge in [-0.3, -0.25) is 4.90 Å². The maximum absolute atomic E-state index is 12.2. The number of hydrogen-bond donors (Lipinski definition) is 1. The van der Waals surface area contributed by atoms with Gasteiger partial charge in [-0.05, 0) is 41.6 Å². The second kappa shape index (κ2) is 5.63. The fourth-order valence-electron chi connectivity index (χ4n) is 1.35. The molecule has 1 aromatic carbocycles. The van der Waals surface area contributed by atoms with Crippen LogP contribution in [-0.4, -0.2) is 24.1 Å². The molecule has 0 spiro atoms. The van der Waals surface area contributed by atoms with Gasteiger partial charge in [0.15, 0.2) is 5.75 Å². The van der Waals surface area contributed by atoms with Gasteiger partial charge in [0.2, 0.25) is 0 Å². The summed E-state index contributed by atoms with van der Waals surface area (Å²) in [5.41, 5.74) is -0.106. The number of carboxylic acid groups (broad SMARTS) is 1. The number of benzene rings is 1. The van der Waals surface area contributed by atoms with E-state index in [1.807, 2.05) is 0 Å². The van der Waals surface area contributed by atoms with Crippen LogP contribution in [0.15, 0.2) is 18.2 Å². The van der Waals surface area contributed by atoms with Crippen molar-refractivity contribution in [3.05, 3.63) is 21.8 Å². The molecule has 0 saturated carbocycles. The molecule has 0 aliphatic rings. The number of halogens is 4. The Labute approximate surface area is 114 Å². The Morgan fingerprint density at radius 1 is 1.50 bits per heavy atom. The molecule has 1 amide bonds. The first-order valence-electron chi connectivity index (χ1n) is 4.81. The van der Waals surface area contributed by atoms with Crippen LogP contribution in [0.5, 0.6) is 5.75 Å². The van der Waals surface area contributed by atoms with Crippen molar-refractivity contribution >= 4 is 34.4 Å². The summed E-state index contributed by atoms with van der Waals surface area (Å²) in [4.78, 5) is 11.8. The monoisotopic (exact) mass is 375 g/mol. The zero-order valence-electron chi connectivity index (χ0n) is 9.16. The number of hydrogen-bond acceptors (Lipinski definition) is 2. The van der Waals surface area contributed by atoms with Crippen molar-refractivity contribution in [2.24, 2.45) is 0 Å². The summed E-state index contributed by atoms with van der Waals surface area (Å²) < 4.78 is 40.9. The topological polar surface area (TPSA) is 49.8 Å². The van der Waals surface area contributed by atoms with E-state index in [2.05, 4.69) is 4.74 Å². The van der Waals surface area contributed by atoms with Gasteiger partial charge in [-0.1, -0.05) is 6.07 Å². The van der Waals surface area contributed by atoms with Gasteiger partial charge >= 0.3 is 12.5 Å². The summed E-state index contributed by atoms with van der Waals surface area (Å²) in [5.74, 6) is -0.529. The molecule has 100 valence electrons. The Kier molecular flexibility index (Phi) is 4.65. The van der Waals surface area contributed by atoms with Crippen molar-refractivity contribution in [2.45, 2.75) is 13.3 Å². The highest BCUT2D eigenvalue weighted by atomic mass is 127. The molecular weight excluding hydrogens is 366 g/mol. The van der Waals surface area contributed by atoms with E-state index in [-0.39, 0.29) is 12.2 Å². The SMILES string of the molecule is CCN(C(=O)O)c1c(I)cccc1OC(F)(F)F. The maximum atomic E-state index is 12.2. The Hall–Kier alpha value is -1.19. The van der Waals surface area contributed by atoms with E-state index < -0.39 is 18.2 Å². The first kappa shape index (κ1) is 14.9. The van der Waals surface area contributed by atoms with Crippen LogP contribution in [0.1, 0.15) is 6.92 Å². The number of ether oxygens (including phenoxy) is 1. The molecular formula is C10H9F3INO3. The summed E-state index contributed by atoms with van der Waals surface area (Å²) in [5, 5.41) is 8.96. The molecule has 8 heteroatoms. The van der Waals surface area contributed by atoms with Crippen LogP contribution in [0, 0.1) is 3.57 Å². The van der Waals surface area contributed by atoms with Crippen LogP contribution in [0.2, 0.25) is 0 Å². The van der Waals surface area contributed by atoms with Crippen molar-refractivity contribution < 1.29 is 27.8 Å². The van der Waals surface area contributed by atoms with Crippen LogP contribution < -0.4 is 9.64 Å². The molecule has 1 N–H and O–H groups in total. The molecule has 0 aliphatic heterocycles. The van der Waals surface area contributed by atoms with E-state index in [0.717, 1.165) is 11.0 Å². The molecule has 0 radical (unpaired) electrons. The minimum Gasteiger partial charge on any atom is -0.465 e. The molecule has 0 aromatic heterocycles. The van der Waals surface area contributed by atoms with Gasteiger partial charge in [-0.25, -0.2) is 4.79 Å². The van der Waals surface area contributed by atoms with E-state index >= 15 is 0 Å². The van der Waals surface area contributed by atoms with Gasteiger partial charge in [0.1, 0.15) is 5.69 Å². The first-order valence-corrected chi connectivity index (χ1v) is 5.89. The van der Waals surface area contributed by atoms with Gasteiger partial charge < -0.3 is 9.84 Å². The standard InChI is InChI=1S/C10H9F3INO3/c1-2-15(9(16)17)8-6(14)4-3-5-7(8)18-10(11,12)13/h3-5H,2H2,1H3,(H,16,17). The summed E-state index contributed by atoms with van der Waals surface area (Å²) in [6, 6.07) is 3.95. The summed E-state index contributed by atoms with van der Waals surface area (Å²) in [6.07, 6.45) is -6.20. The van der Waals surface area contributed by atoms with Crippen LogP contribution >= 0.6 is 22.6 Å². The quantitative estimate of drug-likeness (QED) is 0.820. The predicted octanol–water partition coefficient (Wildman–Crippen LogP) is 3.69. The minimum atomic E-state index is -4.86. The summed E-state index contributed by atoms with van der Waals surface area (Å²) in [7, 11) is 0. The molecule has 18 heavy (non-hydrogen) atoms. The largest absolute Gasteiger partial charge is 0.573 e. The van der Waals surface area contributed by atoms with Gasteiger partial charge in [0.05, 0.1) is 0 Å². The van der Waals surface area contributed by atoms with Crippen molar-refractivity contribution in [1.82, 2.24) is 0 Å². The lowest BCUT2D eigenvalue weighted by Gasteiger charge is -2.22. The van der Waals surface area contributed by atoms with Crippen LogP contribution in [0.3, 0.4) is 0 Å². The second-order valence-electron chi connectivity index (χ2n) is 3.16. The van der Waals surface area contributed by atoms with E-state index in [4.69, 9.17) is 5.11 Å². The number of rotatable bonds is 3. The fourth-order valence-corrected chi connectivity index (χ4v) is 2.12.